The van der Waals surface area contributed by atoms with Gasteiger partial charge in [-0.3, -0.25) is 9.59 Å². The highest BCUT2D eigenvalue weighted by atomic mass is 19.1. The molecule has 2 saturated heterocycles. The molecule has 6 nitrogen and oxygen atoms in total. The Morgan fingerprint density at radius 1 is 1.03 bits per heavy atom. The Balaban J connectivity index is 1.31. The van der Waals surface area contributed by atoms with E-state index in [1.807, 2.05) is 0 Å². The molecule has 7 heteroatoms. The predicted octanol–water partition coefficient (Wildman–Crippen LogP) is 2.91. The van der Waals surface area contributed by atoms with Crippen LogP contribution in [0, 0.1) is 5.82 Å². The molecule has 0 aromatic heterocycles. The van der Waals surface area contributed by atoms with Crippen LogP contribution in [-0.4, -0.2) is 67.1 Å². The zero-order valence-corrected chi connectivity index (χ0v) is 17.5. The lowest BCUT2D eigenvalue weighted by Gasteiger charge is -2.27. The molecule has 1 atom stereocenters. The predicted molar refractivity (Wildman–Crippen MR) is 113 cm³/mol. The summed E-state index contributed by atoms with van der Waals surface area (Å²) < 4.78 is 25.1. The summed E-state index contributed by atoms with van der Waals surface area (Å²) in [7, 11) is 0. The average Bonchev–Trinajstić information content (AvgIpc) is 3.28. The van der Waals surface area contributed by atoms with Gasteiger partial charge in [-0.05, 0) is 48.7 Å². The van der Waals surface area contributed by atoms with Crippen molar-refractivity contribution in [2.45, 2.75) is 25.3 Å². The third kappa shape index (κ3) is 5.22. The van der Waals surface area contributed by atoms with Crippen molar-refractivity contribution < 1.29 is 23.5 Å². The highest BCUT2D eigenvalue weighted by Crippen LogP contribution is 2.22. The molecule has 164 valence electrons. The summed E-state index contributed by atoms with van der Waals surface area (Å²) in [6.45, 7) is 3.39. The van der Waals surface area contributed by atoms with Gasteiger partial charge in [-0.2, -0.15) is 0 Å². The van der Waals surface area contributed by atoms with Gasteiger partial charge < -0.3 is 19.3 Å². The summed E-state index contributed by atoms with van der Waals surface area (Å²) in [5.74, 6) is 0.222. The van der Waals surface area contributed by atoms with Crippen molar-refractivity contribution in [3.05, 3.63) is 65.5 Å². The van der Waals surface area contributed by atoms with Gasteiger partial charge in [0, 0.05) is 25.2 Å². The van der Waals surface area contributed by atoms with Crippen LogP contribution in [0.15, 0.2) is 48.5 Å². The molecule has 0 unspecified atom stereocenters. The molecule has 0 spiro atoms. The fraction of sp³-hybridized carbons (Fsp3) is 0.417. The zero-order chi connectivity index (χ0) is 21.6. The molecular formula is C24H27FN2O4. The summed E-state index contributed by atoms with van der Waals surface area (Å²) in [4.78, 5) is 28.8. The molecule has 0 radical (unpaired) electrons. The number of carbonyl (C=O) groups excluding carboxylic acids is 2. The lowest BCUT2D eigenvalue weighted by molar-refractivity contribution is -0.131. The monoisotopic (exact) mass is 426 g/mol. The van der Waals surface area contributed by atoms with Crippen LogP contribution in [0.25, 0.3) is 0 Å². The van der Waals surface area contributed by atoms with Crippen LogP contribution >= 0.6 is 0 Å². The molecule has 2 aliphatic rings. The van der Waals surface area contributed by atoms with Gasteiger partial charge in [0.15, 0.2) is 0 Å². The van der Waals surface area contributed by atoms with Crippen LogP contribution in [0.2, 0.25) is 0 Å². The summed E-state index contributed by atoms with van der Waals surface area (Å²) in [5.41, 5.74) is 1.04. The number of halogens is 1. The molecular weight excluding hydrogens is 399 g/mol. The van der Waals surface area contributed by atoms with Crippen LogP contribution in [-0.2, 0) is 16.0 Å². The maximum absolute atomic E-state index is 13.9. The minimum atomic E-state index is -0.352. The Bertz CT molecular complexity index is 912. The molecule has 4 rings (SSSR count). The van der Waals surface area contributed by atoms with E-state index >= 15 is 0 Å². The third-order valence-corrected chi connectivity index (χ3v) is 5.84. The van der Waals surface area contributed by atoms with Gasteiger partial charge in [-0.1, -0.05) is 18.2 Å². The summed E-state index contributed by atoms with van der Waals surface area (Å²) in [5, 5.41) is 0. The van der Waals surface area contributed by atoms with Crippen LogP contribution in [0.3, 0.4) is 0 Å². The first-order valence-electron chi connectivity index (χ1n) is 10.7. The first kappa shape index (κ1) is 21.3. The smallest absolute Gasteiger partial charge is 0.254 e. The van der Waals surface area contributed by atoms with E-state index in [1.54, 1.807) is 52.3 Å². The van der Waals surface area contributed by atoms with E-state index in [4.69, 9.17) is 9.47 Å². The van der Waals surface area contributed by atoms with E-state index in [0.29, 0.717) is 56.3 Å². The summed E-state index contributed by atoms with van der Waals surface area (Å²) in [6.07, 6.45) is 1.82. The number of hydrogen-bond donors (Lipinski definition) is 0. The van der Waals surface area contributed by atoms with Crippen LogP contribution in [0.5, 0.6) is 5.75 Å². The van der Waals surface area contributed by atoms with Crippen molar-refractivity contribution in [3.8, 4) is 5.75 Å². The second-order valence-corrected chi connectivity index (χ2v) is 7.89. The third-order valence-electron chi connectivity index (χ3n) is 5.84. The van der Waals surface area contributed by atoms with Crippen molar-refractivity contribution in [1.82, 2.24) is 9.80 Å². The minimum Gasteiger partial charge on any atom is -0.491 e. The van der Waals surface area contributed by atoms with Crippen LogP contribution in [0.4, 0.5) is 4.39 Å². The minimum absolute atomic E-state index is 0.00411. The Morgan fingerprint density at radius 2 is 1.77 bits per heavy atom. The molecule has 2 amide bonds. The van der Waals surface area contributed by atoms with Gasteiger partial charge in [0.05, 0.1) is 25.7 Å². The van der Waals surface area contributed by atoms with Gasteiger partial charge in [-0.15, -0.1) is 0 Å². The second-order valence-electron chi connectivity index (χ2n) is 7.89. The van der Waals surface area contributed by atoms with Crippen molar-refractivity contribution in [1.29, 1.82) is 0 Å². The summed E-state index contributed by atoms with van der Waals surface area (Å²) in [6, 6.07) is 13.5. The van der Waals surface area contributed by atoms with Crippen molar-refractivity contribution in [2.75, 3.05) is 39.5 Å². The standard InChI is InChI=1S/C24H27FN2O4/c25-22-6-2-1-4-19(22)16-23(28)27-11-3-5-20(27)17-31-21-9-7-18(8-10-21)24(29)26-12-14-30-15-13-26/h1-2,4,6-10,20H,3,5,11-17H2/t20-/m0/s1. The summed E-state index contributed by atoms with van der Waals surface area (Å²) >= 11 is 0. The number of benzene rings is 2. The zero-order valence-electron chi connectivity index (χ0n) is 17.5. The quantitative estimate of drug-likeness (QED) is 0.713. The lowest BCUT2D eigenvalue weighted by atomic mass is 10.1. The van der Waals surface area contributed by atoms with Gasteiger partial charge in [0.25, 0.3) is 5.91 Å². The highest BCUT2D eigenvalue weighted by molar-refractivity contribution is 5.94. The number of carbonyl (C=O) groups is 2. The molecule has 0 bridgehead atoms. The molecule has 0 N–H and O–H groups in total. The molecule has 0 aliphatic carbocycles. The van der Waals surface area contributed by atoms with Crippen LogP contribution < -0.4 is 4.74 Å². The van der Waals surface area contributed by atoms with Crippen molar-refractivity contribution in [3.63, 3.8) is 0 Å². The normalized spacial score (nSPS) is 18.8. The second kappa shape index (κ2) is 9.92. The lowest BCUT2D eigenvalue weighted by Crippen LogP contribution is -2.40. The molecule has 2 aliphatic heterocycles. The van der Waals surface area contributed by atoms with E-state index in [0.717, 1.165) is 12.8 Å². The molecule has 2 fully saturated rings. The van der Waals surface area contributed by atoms with Gasteiger partial charge in [-0.25, -0.2) is 4.39 Å². The number of ether oxygens (including phenoxy) is 2. The maximum atomic E-state index is 13.9. The van der Waals surface area contributed by atoms with E-state index < -0.39 is 0 Å². The highest BCUT2D eigenvalue weighted by Gasteiger charge is 2.29. The van der Waals surface area contributed by atoms with E-state index in [2.05, 4.69) is 0 Å². The van der Waals surface area contributed by atoms with Crippen molar-refractivity contribution >= 4 is 11.8 Å². The van der Waals surface area contributed by atoms with Crippen LogP contribution in [0.1, 0.15) is 28.8 Å². The number of hydrogen-bond acceptors (Lipinski definition) is 4. The maximum Gasteiger partial charge on any atom is 0.254 e. The van der Waals surface area contributed by atoms with Gasteiger partial charge >= 0.3 is 0 Å². The number of rotatable bonds is 6. The fourth-order valence-electron chi connectivity index (χ4n) is 4.08. The molecule has 31 heavy (non-hydrogen) atoms. The molecule has 2 aromatic carbocycles. The molecule has 0 saturated carbocycles. The largest absolute Gasteiger partial charge is 0.491 e. The first-order chi connectivity index (χ1) is 15.1. The topological polar surface area (TPSA) is 59.1 Å². The number of amides is 2. The number of nitrogens with zero attached hydrogens (tertiary/aromatic N) is 2. The van der Waals surface area contributed by atoms with E-state index in [-0.39, 0.29) is 30.1 Å². The number of likely N-dealkylation sites (tertiary alicyclic amines) is 1. The Labute approximate surface area is 181 Å². The molecule has 2 aromatic rings. The average molecular weight is 426 g/mol. The Morgan fingerprint density at radius 3 is 2.52 bits per heavy atom. The number of morpholine rings is 1. The van der Waals surface area contributed by atoms with Gasteiger partial charge in [0.1, 0.15) is 18.2 Å². The van der Waals surface area contributed by atoms with E-state index in [1.165, 1.54) is 6.07 Å². The first-order valence-corrected chi connectivity index (χ1v) is 10.7. The Kier molecular flexibility index (Phi) is 6.82. The van der Waals surface area contributed by atoms with Gasteiger partial charge in [0.2, 0.25) is 5.91 Å². The molecule has 2 heterocycles. The fourth-order valence-corrected chi connectivity index (χ4v) is 4.08. The van der Waals surface area contributed by atoms with E-state index in [9.17, 15) is 14.0 Å². The van der Waals surface area contributed by atoms with Crippen molar-refractivity contribution in [2.24, 2.45) is 0 Å². The SMILES string of the molecule is O=C(c1ccc(OC[C@@H]2CCCN2C(=O)Cc2ccccc2F)cc1)N1CCOCC1. The Hall–Kier alpha value is -2.93.